The molecule has 9 heteroatoms. The van der Waals surface area contributed by atoms with E-state index in [4.69, 9.17) is 22.1 Å². The van der Waals surface area contributed by atoms with Crippen molar-refractivity contribution in [2.75, 3.05) is 0 Å². The van der Waals surface area contributed by atoms with E-state index in [2.05, 4.69) is 20.9 Å². The molecule has 2 heterocycles. The summed E-state index contributed by atoms with van der Waals surface area (Å²) in [5, 5.41) is 10.9. The summed E-state index contributed by atoms with van der Waals surface area (Å²) in [6.07, 6.45) is 4.63. The van der Waals surface area contributed by atoms with E-state index in [1.54, 1.807) is 22.1 Å². The molecule has 0 saturated heterocycles. The molecule has 1 aromatic carbocycles. The van der Waals surface area contributed by atoms with Crippen LogP contribution in [-0.4, -0.2) is 26.7 Å². The van der Waals surface area contributed by atoms with Crippen LogP contribution < -0.4 is 10.5 Å². The van der Waals surface area contributed by atoms with Crippen LogP contribution in [0.5, 0.6) is 5.75 Å². The predicted octanol–water partition coefficient (Wildman–Crippen LogP) is 4.42. The zero-order valence-electron chi connectivity index (χ0n) is 15.6. The van der Waals surface area contributed by atoms with Gasteiger partial charge in [0, 0.05) is 22.6 Å². The van der Waals surface area contributed by atoms with Gasteiger partial charge in [0.25, 0.3) is 5.91 Å². The largest absolute Gasteiger partial charge is 0.488 e. The Labute approximate surface area is 186 Å². The van der Waals surface area contributed by atoms with E-state index in [-0.39, 0.29) is 5.69 Å². The zero-order valence-corrected chi connectivity index (χ0v) is 18.7. The maximum Gasteiger partial charge on any atom is 0.268 e. The summed E-state index contributed by atoms with van der Waals surface area (Å²) in [5.41, 5.74) is 6.43. The van der Waals surface area contributed by atoms with Crippen LogP contribution >= 0.6 is 38.9 Å². The van der Waals surface area contributed by atoms with Crippen molar-refractivity contribution in [1.29, 1.82) is 0 Å². The number of carbonyl (C=O) groups excluding carboxylic acids is 1. The molecule has 0 aliphatic carbocycles. The average Bonchev–Trinajstić information content (AvgIpc) is 3.30. The van der Waals surface area contributed by atoms with Crippen LogP contribution in [0, 0.1) is 0 Å². The predicted molar refractivity (Wildman–Crippen MR) is 117 cm³/mol. The maximum absolute atomic E-state index is 11.1. The van der Waals surface area contributed by atoms with Gasteiger partial charge in [-0.05, 0) is 65.0 Å². The third kappa shape index (κ3) is 6.57. The number of carbonyl (C=O) groups is 1. The molecular formula is C20H21BrClN3O3S. The van der Waals surface area contributed by atoms with Crippen LogP contribution in [0.4, 0.5) is 0 Å². The smallest absolute Gasteiger partial charge is 0.268 e. The maximum atomic E-state index is 11.1. The van der Waals surface area contributed by atoms with Crippen LogP contribution in [0.15, 0.2) is 46.6 Å². The highest BCUT2D eigenvalue weighted by Crippen LogP contribution is 2.28. The van der Waals surface area contributed by atoms with Crippen molar-refractivity contribution < 1.29 is 14.6 Å². The van der Waals surface area contributed by atoms with Crippen molar-refractivity contribution >= 4 is 44.8 Å². The summed E-state index contributed by atoms with van der Waals surface area (Å²) in [4.78, 5) is 16.1. The molecule has 6 nitrogen and oxygen atoms in total. The van der Waals surface area contributed by atoms with Crippen LogP contribution in [0.1, 0.15) is 33.8 Å². The van der Waals surface area contributed by atoms with Crippen molar-refractivity contribution in [2.45, 2.75) is 38.5 Å². The number of rotatable bonds is 10. The Hall–Kier alpha value is -1.87. The number of hydrogen-bond donors (Lipinski definition) is 2. The Morgan fingerprint density at radius 2 is 2.21 bits per heavy atom. The molecular weight excluding hydrogens is 478 g/mol. The first-order valence-corrected chi connectivity index (χ1v) is 11.0. The number of aryl methyl sites for hydroxylation is 1. The van der Waals surface area contributed by atoms with Crippen molar-refractivity contribution in [3.8, 4) is 5.75 Å². The second-order valence-electron chi connectivity index (χ2n) is 6.61. The number of imidazole rings is 1. The van der Waals surface area contributed by atoms with Gasteiger partial charge in [-0.2, -0.15) is 0 Å². The molecule has 29 heavy (non-hydrogen) atoms. The monoisotopic (exact) mass is 497 g/mol. The number of nitrogens with two attached hydrogens (primary N) is 1. The van der Waals surface area contributed by atoms with Gasteiger partial charge in [0.15, 0.2) is 0 Å². The van der Waals surface area contributed by atoms with Gasteiger partial charge in [0.05, 0.1) is 16.2 Å². The van der Waals surface area contributed by atoms with Crippen LogP contribution in [0.2, 0.25) is 5.02 Å². The van der Waals surface area contributed by atoms with Crippen LogP contribution in [0.3, 0.4) is 0 Å². The van der Waals surface area contributed by atoms with Crippen LogP contribution in [-0.2, 0) is 19.6 Å². The number of aromatic nitrogens is 2. The van der Waals surface area contributed by atoms with Crippen molar-refractivity contribution in [3.63, 3.8) is 0 Å². The molecule has 2 aromatic heterocycles. The first kappa shape index (κ1) is 21.8. The summed E-state index contributed by atoms with van der Waals surface area (Å²) < 4.78 is 8.72. The molecule has 1 unspecified atom stereocenters. The van der Waals surface area contributed by atoms with Gasteiger partial charge in [-0.15, -0.1) is 11.3 Å². The molecule has 0 bridgehead atoms. The highest BCUT2D eigenvalue weighted by atomic mass is 79.9. The lowest BCUT2D eigenvalue weighted by Gasteiger charge is -2.14. The second kappa shape index (κ2) is 10.2. The number of amides is 1. The molecule has 154 valence electrons. The fourth-order valence-corrected chi connectivity index (χ4v) is 4.46. The lowest BCUT2D eigenvalue weighted by atomic mass is 10.0. The number of benzene rings is 1. The summed E-state index contributed by atoms with van der Waals surface area (Å²) in [6.45, 7) is 0.840. The standard InChI is InChI=1S/C20H21BrClN3O3S/c21-19-7-6-16(29-19)11-28-18-8-14(22)5-4-13(18)2-1-3-15(26)9-25-10-17(20(23)27)24-12-25/h4-8,10,12,15,26H,1-3,9,11H2,(H2,23,27). The van der Waals surface area contributed by atoms with Crippen molar-refractivity contribution in [1.82, 2.24) is 9.55 Å². The SMILES string of the molecule is NC(=O)c1cn(CC(O)CCCc2ccc(Cl)cc2OCc2ccc(Br)s2)cn1. The molecule has 0 aliphatic heterocycles. The van der Waals surface area contributed by atoms with E-state index in [1.807, 2.05) is 30.3 Å². The molecule has 0 radical (unpaired) electrons. The van der Waals surface area contributed by atoms with Gasteiger partial charge in [0.1, 0.15) is 18.1 Å². The fraction of sp³-hybridized carbons (Fsp3) is 0.300. The number of halogens is 2. The van der Waals surface area contributed by atoms with E-state index in [0.29, 0.717) is 24.6 Å². The van der Waals surface area contributed by atoms with Crippen molar-refractivity contribution in [2.24, 2.45) is 5.73 Å². The first-order chi connectivity index (χ1) is 13.9. The third-order valence-electron chi connectivity index (χ3n) is 4.32. The molecule has 1 atom stereocenters. The zero-order chi connectivity index (χ0) is 20.8. The van der Waals surface area contributed by atoms with E-state index < -0.39 is 12.0 Å². The number of nitrogens with zero attached hydrogens (tertiary/aromatic N) is 2. The highest BCUT2D eigenvalue weighted by Gasteiger charge is 2.11. The summed E-state index contributed by atoms with van der Waals surface area (Å²) in [7, 11) is 0. The van der Waals surface area contributed by atoms with Crippen molar-refractivity contribution in [3.05, 3.63) is 67.8 Å². The number of thiophene rings is 1. The number of ether oxygens (including phenoxy) is 1. The molecule has 0 saturated carbocycles. The Morgan fingerprint density at radius 1 is 1.38 bits per heavy atom. The van der Waals surface area contributed by atoms with Gasteiger partial charge in [-0.25, -0.2) is 4.98 Å². The van der Waals surface area contributed by atoms with Gasteiger partial charge >= 0.3 is 0 Å². The van der Waals surface area contributed by atoms with E-state index in [0.717, 1.165) is 32.8 Å². The molecule has 3 rings (SSSR count). The lowest BCUT2D eigenvalue weighted by molar-refractivity contribution is 0.0995. The van der Waals surface area contributed by atoms with E-state index >= 15 is 0 Å². The average molecular weight is 499 g/mol. The number of hydrogen-bond acceptors (Lipinski definition) is 5. The van der Waals surface area contributed by atoms with E-state index in [9.17, 15) is 9.90 Å². The molecule has 3 aromatic rings. The summed E-state index contributed by atoms with van der Waals surface area (Å²) >= 11 is 11.2. The minimum atomic E-state index is -0.580. The lowest BCUT2D eigenvalue weighted by Crippen LogP contribution is -2.15. The molecule has 0 fully saturated rings. The third-order valence-corrected chi connectivity index (χ3v) is 6.15. The molecule has 0 spiro atoms. The first-order valence-electron chi connectivity index (χ1n) is 9.06. The second-order valence-corrected chi connectivity index (χ2v) is 9.60. The van der Waals surface area contributed by atoms with Crippen LogP contribution in [0.25, 0.3) is 0 Å². The summed E-state index contributed by atoms with van der Waals surface area (Å²) in [5.74, 6) is 0.181. The van der Waals surface area contributed by atoms with E-state index in [1.165, 1.54) is 6.33 Å². The quantitative estimate of drug-likeness (QED) is 0.433. The highest BCUT2D eigenvalue weighted by molar-refractivity contribution is 9.11. The van der Waals surface area contributed by atoms with Gasteiger partial charge in [-0.3, -0.25) is 4.79 Å². The number of aliphatic hydroxyl groups excluding tert-OH is 1. The summed E-state index contributed by atoms with van der Waals surface area (Å²) in [6, 6.07) is 9.65. The number of primary amides is 1. The van der Waals surface area contributed by atoms with Gasteiger partial charge < -0.3 is 20.1 Å². The Balaban J connectivity index is 1.52. The minimum Gasteiger partial charge on any atom is -0.488 e. The topological polar surface area (TPSA) is 90.4 Å². The Bertz CT molecular complexity index is 976. The Morgan fingerprint density at radius 3 is 2.90 bits per heavy atom. The number of aliphatic hydroxyl groups is 1. The fourth-order valence-electron chi connectivity index (χ4n) is 2.90. The minimum absolute atomic E-state index is 0.193. The molecule has 0 aliphatic rings. The molecule has 3 N–H and O–H groups in total. The molecule has 1 amide bonds. The Kier molecular flexibility index (Phi) is 7.71. The van der Waals surface area contributed by atoms with Gasteiger partial charge in [-0.1, -0.05) is 17.7 Å². The van der Waals surface area contributed by atoms with Gasteiger partial charge in [0.2, 0.25) is 0 Å². The normalized spacial score (nSPS) is 12.1.